The van der Waals surface area contributed by atoms with Crippen molar-refractivity contribution in [2.75, 3.05) is 12.8 Å². The number of alkyl carbamates (subject to hydrolysis) is 1. The normalized spacial score (nSPS) is 18.2. The van der Waals surface area contributed by atoms with Crippen molar-refractivity contribution in [2.45, 2.75) is 38.6 Å². The SMILES string of the molecule is CC[C@@]1(O)C(=O)OCc2c1cc1n(c2=O)Cc2c-1nc1cc(F)c(N)cc1c2CNC(=O)OC. The summed E-state index contributed by atoms with van der Waals surface area (Å²) < 4.78 is 25.5. The lowest BCUT2D eigenvalue weighted by atomic mass is 9.86. The minimum absolute atomic E-state index is 0.0124. The van der Waals surface area contributed by atoms with Crippen molar-refractivity contribution >= 4 is 28.7 Å². The lowest BCUT2D eigenvalue weighted by Gasteiger charge is -2.31. The molecule has 2 aromatic heterocycles. The fourth-order valence-electron chi connectivity index (χ4n) is 4.63. The number of carbonyl (C=O) groups excluding carboxylic acids is 2. The Hall–Kier alpha value is -3.99. The number of methoxy groups -OCH3 is 1. The fraction of sp³-hybridized carbons (Fsp3) is 0.304. The highest BCUT2D eigenvalue weighted by atomic mass is 19.1. The molecule has 1 amide bonds. The van der Waals surface area contributed by atoms with Crippen molar-refractivity contribution in [2.24, 2.45) is 0 Å². The number of hydrogen-bond acceptors (Lipinski definition) is 8. The second-order valence-electron chi connectivity index (χ2n) is 8.26. The molecule has 0 fully saturated rings. The first-order chi connectivity index (χ1) is 16.2. The summed E-state index contributed by atoms with van der Waals surface area (Å²) in [6.07, 6.45) is -0.654. The summed E-state index contributed by atoms with van der Waals surface area (Å²) in [6, 6.07) is 4.19. The molecule has 0 aliphatic carbocycles. The number of esters is 1. The van der Waals surface area contributed by atoms with Crippen LogP contribution < -0.4 is 16.6 Å². The van der Waals surface area contributed by atoms with Gasteiger partial charge in [0.2, 0.25) is 0 Å². The minimum Gasteiger partial charge on any atom is -0.458 e. The number of fused-ring (bicyclic) bond motifs is 5. The predicted octanol–water partition coefficient (Wildman–Crippen LogP) is 1.66. The van der Waals surface area contributed by atoms with Crippen LogP contribution in [0.2, 0.25) is 0 Å². The van der Waals surface area contributed by atoms with E-state index in [1.807, 2.05) is 0 Å². The molecule has 11 heteroatoms. The first kappa shape index (κ1) is 21.8. The summed E-state index contributed by atoms with van der Waals surface area (Å²) in [4.78, 5) is 42.1. The van der Waals surface area contributed by atoms with Crippen LogP contribution >= 0.6 is 0 Å². The summed E-state index contributed by atoms with van der Waals surface area (Å²) in [7, 11) is 1.23. The van der Waals surface area contributed by atoms with Crippen LogP contribution in [0.5, 0.6) is 0 Å². The summed E-state index contributed by atoms with van der Waals surface area (Å²) in [6.45, 7) is 1.50. The van der Waals surface area contributed by atoms with E-state index in [1.54, 1.807) is 13.0 Å². The van der Waals surface area contributed by atoms with E-state index in [0.717, 1.165) is 0 Å². The summed E-state index contributed by atoms with van der Waals surface area (Å²) >= 11 is 0. The van der Waals surface area contributed by atoms with Gasteiger partial charge in [0.15, 0.2) is 5.60 Å². The molecule has 10 nitrogen and oxygen atoms in total. The number of nitrogen functional groups attached to an aromatic ring is 1. The quantitative estimate of drug-likeness (QED) is 0.304. The zero-order valence-corrected chi connectivity index (χ0v) is 18.4. The Bertz CT molecular complexity index is 1470. The molecule has 0 saturated carbocycles. The number of pyridine rings is 2. The second-order valence-corrected chi connectivity index (χ2v) is 8.26. The highest BCUT2D eigenvalue weighted by Gasteiger charge is 2.45. The van der Waals surface area contributed by atoms with Gasteiger partial charge in [0.05, 0.1) is 41.8 Å². The molecule has 0 unspecified atom stereocenters. The molecule has 176 valence electrons. The van der Waals surface area contributed by atoms with Crippen LogP contribution in [0.1, 0.15) is 35.6 Å². The maximum Gasteiger partial charge on any atom is 0.407 e. The standard InChI is InChI=1S/C23H21FN4O6/c1-3-23(32)14-5-18-19-12(8-28(18)20(29)13(14)9-34-21(23)30)11(7-26-22(31)33-2)10-4-16(25)15(24)6-17(10)27-19/h4-6,32H,3,7-9,25H2,1-2H3,(H,26,31)/t23-/m0/s1. The molecule has 0 radical (unpaired) electrons. The average molecular weight is 468 g/mol. The van der Waals surface area contributed by atoms with Crippen LogP contribution in [-0.2, 0) is 39.6 Å². The van der Waals surface area contributed by atoms with E-state index >= 15 is 0 Å². The molecule has 2 aliphatic heterocycles. The third kappa shape index (κ3) is 2.97. The number of ether oxygens (including phenoxy) is 2. The molecule has 4 N–H and O–H groups in total. The van der Waals surface area contributed by atoms with Gasteiger partial charge < -0.3 is 30.2 Å². The van der Waals surface area contributed by atoms with Gasteiger partial charge in [-0.05, 0) is 24.1 Å². The third-order valence-electron chi connectivity index (χ3n) is 6.52. The van der Waals surface area contributed by atoms with Crippen molar-refractivity contribution in [1.29, 1.82) is 0 Å². The largest absolute Gasteiger partial charge is 0.458 e. The predicted molar refractivity (Wildman–Crippen MR) is 118 cm³/mol. The van der Waals surface area contributed by atoms with Gasteiger partial charge in [-0.2, -0.15) is 0 Å². The summed E-state index contributed by atoms with van der Waals surface area (Å²) in [5.41, 5.74) is 5.94. The smallest absolute Gasteiger partial charge is 0.407 e. The summed E-state index contributed by atoms with van der Waals surface area (Å²) in [5.74, 6) is -1.48. The number of aromatic nitrogens is 2. The van der Waals surface area contributed by atoms with Crippen molar-refractivity contribution < 1.29 is 28.6 Å². The summed E-state index contributed by atoms with van der Waals surface area (Å²) in [5, 5.41) is 14.1. The van der Waals surface area contributed by atoms with Gasteiger partial charge in [-0.3, -0.25) is 4.79 Å². The Kier molecular flexibility index (Phi) is 4.83. The maximum absolute atomic E-state index is 14.3. The molecule has 4 heterocycles. The van der Waals surface area contributed by atoms with Crippen molar-refractivity contribution in [3.05, 3.63) is 56.6 Å². The van der Waals surface area contributed by atoms with Crippen LogP contribution in [0.4, 0.5) is 14.9 Å². The van der Waals surface area contributed by atoms with Gasteiger partial charge in [0.1, 0.15) is 12.4 Å². The second kappa shape index (κ2) is 7.52. The van der Waals surface area contributed by atoms with E-state index in [-0.39, 0.29) is 48.4 Å². The molecule has 0 bridgehead atoms. The van der Waals surface area contributed by atoms with Crippen LogP contribution in [0, 0.1) is 5.82 Å². The monoisotopic (exact) mass is 468 g/mol. The van der Waals surface area contributed by atoms with Gasteiger partial charge in [0, 0.05) is 29.1 Å². The van der Waals surface area contributed by atoms with Crippen molar-refractivity contribution in [1.82, 2.24) is 14.9 Å². The number of cyclic esters (lactones) is 1. The molecule has 5 rings (SSSR count). The zero-order valence-electron chi connectivity index (χ0n) is 18.4. The molecule has 2 aliphatic rings. The maximum atomic E-state index is 14.3. The number of aliphatic hydroxyl groups is 1. The number of nitrogens with two attached hydrogens (primary N) is 1. The van der Waals surface area contributed by atoms with Gasteiger partial charge in [-0.15, -0.1) is 0 Å². The van der Waals surface area contributed by atoms with E-state index in [9.17, 15) is 23.9 Å². The Morgan fingerprint density at radius 3 is 2.82 bits per heavy atom. The molecular weight excluding hydrogens is 447 g/mol. The number of nitrogens with zero attached hydrogens (tertiary/aromatic N) is 2. The minimum atomic E-state index is -1.96. The molecule has 0 spiro atoms. The molecule has 1 atom stereocenters. The van der Waals surface area contributed by atoms with E-state index in [0.29, 0.717) is 27.9 Å². The highest BCUT2D eigenvalue weighted by molar-refractivity contribution is 5.91. The number of halogens is 1. The number of carbonyl (C=O) groups is 2. The van der Waals surface area contributed by atoms with Gasteiger partial charge in [0.25, 0.3) is 5.56 Å². The zero-order chi connectivity index (χ0) is 24.4. The Morgan fingerprint density at radius 2 is 2.12 bits per heavy atom. The van der Waals surface area contributed by atoms with Crippen LogP contribution in [0.3, 0.4) is 0 Å². The average Bonchev–Trinajstić information content (AvgIpc) is 3.19. The lowest BCUT2D eigenvalue weighted by Crippen LogP contribution is -2.44. The van der Waals surface area contributed by atoms with E-state index < -0.39 is 29.0 Å². The number of benzene rings is 1. The molecule has 3 aromatic rings. The molecular formula is C23H21FN4O6. The Labute approximate surface area is 192 Å². The molecule has 34 heavy (non-hydrogen) atoms. The number of hydrogen-bond donors (Lipinski definition) is 3. The van der Waals surface area contributed by atoms with E-state index in [1.165, 1.54) is 23.8 Å². The Balaban J connectivity index is 1.78. The van der Waals surface area contributed by atoms with E-state index in [4.69, 9.17) is 10.5 Å². The lowest BCUT2D eigenvalue weighted by molar-refractivity contribution is -0.172. The number of rotatable bonds is 3. The van der Waals surface area contributed by atoms with Gasteiger partial charge in [-0.1, -0.05) is 6.92 Å². The van der Waals surface area contributed by atoms with Crippen LogP contribution in [0.15, 0.2) is 23.0 Å². The number of amides is 1. The van der Waals surface area contributed by atoms with Crippen molar-refractivity contribution in [3.63, 3.8) is 0 Å². The van der Waals surface area contributed by atoms with Crippen LogP contribution in [-0.4, -0.2) is 33.8 Å². The number of nitrogens with one attached hydrogen (secondary N) is 1. The fourth-order valence-corrected chi connectivity index (χ4v) is 4.63. The van der Waals surface area contributed by atoms with Crippen molar-refractivity contribution in [3.8, 4) is 11.4 Å². The number of anilines is 1. The molecule has 1 aromatic carbocycles. The van der Waals surface area contributed by atoms with Crippen LogP contribution in [0.25, 0.3) is 22.3 Å². The first-order valence-electron chi connectivity index (χ1n) is 10.6. The topological polar surface area (TPSA) is 146 Å². The Morgan fingerprint density at radius 1 is 1.35 bits per heavy atom. The third-order valence-corrected chi connectivity index (χ3v) is 6.52. The van der Waals surface area contributed by atoms with Gasteiger partial charge >= 0.3 is 12.1 Å². The molecule has 0 saturated heterocycles. The first-order valence-corrected chi connectivity index (χ1v) is 10.6. The van der Waals surface area contributed by atoms with Gasteiger partial charge in [-0.25, -0.2) is 19.0 Å². The highest BCUT2D eigenvalue weighted by Crippen LogP contribution is 2.40. The van der Waals surface area contributed by atoms with E-state index in [2.05, 4.69) is 15.0 Å².